The molecule has 1 aromatic heterocycles. The van der Waals surface area contributed by atoms with Crippen molar-refractivity contribution in [1.82, 2.24) is 9.47 Å². The van der Waals surface area contributed by atoms with Crippen molar-refractivity contribution in [2.24, 2.45) is 5.92 Å². The van der Waals surface area contributed by atoms with Gasteiger partial charge in [0, 0.05) is 31.7 Å². The van der Waals surface area contributed by atoms with Crippen molar-refractivity contribution < 1.29 is 14.3 Å². The number of aromatic nitrogens is 1. The summed E-state index contributed by atoms with van der Waals surface area (Å²) in [5.41, 5.74) is 0.881. The van der Waals surface area contributed by atoms with Crippen LogP contribution >= 0.6 is 24.0 Å². The first kappa shape index (κ1) is 30.9. The first-order valence-electron chi connectivity index (χ1n) is 14.1. The fourth-order valence-corrected chi connectivity index (χ4v) is 6.56. The number of piperidine rings is 1. The van der Waals surface area contributed by atoms with Gasteiger partial charge in [-0.2, -0.15) is 5.26 Å². The third-order valence-electron chi connectivity index (χ3n) is 7.39. The largest absolute Gasteiger partial charge is 0.466 e. The summed E-state index contributed by atoms with van der Waals surface area (Å²) in [5, 5.41) is 9.83. The smallest absolute Gasteiger partial charge is 0.310 e. The van der Waals surface area contributed by atoms with Crippen molar-refractivity contribution in [1.29, 1.82) is 5.26 Å². The van der Waals surface area contributed by atoms with E-state index in [1.165, 1.54) is 31.0 Å². The SMILES string of the molecule is CCCCCCCCN1C(=O)/C(=C\c2c(C)c(C#N)c(=O)n(CC)c2N2CCCC(C(=O)OCC)C2)SC1=S. The number of rotatable bonds is 12. The standard InChI is InChI=1S/C29H40N4O4S2/c1-5-8-9-10-11-12-16-33-27(35)24(39-29(33)38)17-22-20(4)23(18-30)26(34)32(6-2)25(22)31-15-13-14-21(19-31)28(36)37-7-3/h17,21H,5-16,19H2,1-4H3/b24-17+. The minimum Gasteiger partial charge on any atom is -0.466 e. The summed E-state index contributed by atoms with van der Waals surface area (Å²) in [7, 11) is 0. The molecule has 1 atom stereocenters. The molecule has 1 unspecified atom stereocenters. The number of nitrogens with zero attached hydrogens (tertiary/aromatic N) is 4. The first-order valence-corrected chi connectivity index (χ1v) is 15.4. The number of thiocarbonyl (C=S) groups is 1. The Kier molecular flexibility index (Phi) is 11.6. The van der Waals surface area contributed by atoms with Gasteiger partial charge in [-0.05, 0) is 51.7 Å². The van der Waals surface area contributed by atoms with Gasteiger partial charge < -0.3 is 9.64 Å². The first-order chi connectivity index (χ1) is 18.8. The monoisotopic (exact) mass is 572 g/mol. The average Bonchev–Trinajstić information content (AvgIpc) is 3.19. The van der Waals surface area contributed by atoms with Crippen LogP contribution < -0.4 is 10.5 Å². The molecular weight excluding hydrogens is 532 g/mol. The van der Waals surface area contributed by atoms with Gasteiger partial charge >= 0.3 is 5.97 Å². The van der Waals surface area contributed by atoms with Crippen molar-refractivity contribution in [3.05, 3.63) is 31.9 Å². The number of carbonyl (C=O) groups excluding carboxylic acids is 2. The fraction of sp³-hybridized carbons (Fsp3) is 0.621. The number of ether oxygens (including phenoxy) is 1. The Balaban J connectivity index is 1.98. The number of nitriles is 1. The molecule has 1 amide bonds. The lowest BCUT2D eigenvalue weighted by Crippen LogP contribution is -2.43. The van der Waals surface area contributed by atoms with Crippen LogP contribution in [0.5, 0.6) is 0 Å². The molecule has 0 aromatic carbocycles. The molecule has 2 saturated heterocycles. The van der Waals surface area contributed by atoms with E-state index >= 15 is 0 Å². The number of unbranched alkanes of at least 4 members (excludes halogenated alkanes) is 5. The number of esters is 1. The molecule has 2 fully saturated rings. The van der Waals surface area contributed by atoms with Crippen LogP contribution in [0, 0.1) is 24.2 Å². The van der Waals surface area contributed by atoms with Crippen LogP contribution in [0.3, 0.4) is 0 Å². The zero-order valence-electron chi connectivity index (χ0n) is 23.6. The van der Waals surface area contributed by atoms with E-state index in [2.05, 4.69) is 13.0 Å². The summed E-state index contributed by atoms with van der Waals surface area (Å²) in [6.45, 7) is 9.90. The minimum atomic E-state index is -0.362. The molecule has 0 bridgehead atoms. The van der Waals surface area contributed by atoms with E-state index in [4.69, 9.17) is 17.0 Å². The molecule has 212 valence electrons. The summed E-state index contributed by atoms with van der Waals surface area (Å²) in [6.07, 6.45) is 10.0. The maximum Gasteiger partial charge on any atom is 0.310 e. The van der Waals surface area contributed by atoms with Gasteiger partial charge in [0.05, 0.1) is 17.4 Å². The highest BCUT2D eigenvalue weighted by atomic mass is 32.2. The number of anilines is 1. The highest BCUT2D eigenvalue weighted by molar-refractivity contribution is 8.26. The van der Waals surface area contributed by atoms with Crippen molar-refractivity contribution in [2.75, 3.05) is 31.1 Å². The molecule has 10 heteroatoms. The molecule has 3 heterocycles. The van der Waals surface area contributed by atoms with Gasteiger partial charge in [-0.3, -0.25) is 23.9 Å². The fourth-order valence-electron chi connectivity index (χ4n) is 5.27. The van der Waals surface area contributed by atoms with Crippen LogP contribution in [0.15, 0.2) is 9.70 Å². The topological polar surface area (TPSA) is 95.6 Å². The molecule has 0 radical (unpaired) electrons. The summed E-state index contributed by atoms with van der Waals surface area (Å²) < 4.78 is 7.40. The molecule has 0 N–H and O–H groups in total. The molecule has 2 aliphatic heterocycles. The van der Waals surface area contributed by atoms with Crippen LogP contribution in [0.2, 0.25) is 0 Å². The van der Waals surface area contributed by atoms with E-state index in [1.54, 1.807) is 29.4 Å². The van der Waals surface area contributed by atoms with Gasteiger partial charge in [-0.1, -0.05) is 63.0 Å². The van der Waals surface area contributed by atoms with E-state index in [1.807, 2.05) is 11.8 Å². The predicted molar refractivity (Wildman–Crippen MR) is 161 cm³/mol. The molecule has 2 aliphatic rings. The predicted octanol–water partition coefficient (Wildman–Crippen LogP) is 5.39. The van der Waals surface area contributed by atoms with Crippen LogP contribution in [-0.4, -0.2) is 51.9 Å². The van der Waals surface area contributed by atoms with Gasteiger partial charge in [-0.25, -0.2) is 0 Å². The van der Waals surface area contributed by atoms with Crippen molar-refractivity contribution >= 4 is 52.1 Å². The Morgan fingerprint density at radius 3 is 2.56 bits per heavy atom. The Morgan fingerprint density at radius 1 is 1.18 bits per heavy atom. The summed E-state index contributed by atoms with van der Waals surface area (Å²) in [6, 6.07) is 2.07. The maximum atomic E-state index is 13.4. The normalized spacial score (nSPS) is 18.6. The molecule has 39 heavy (non-hydrogen) atoms. The zero-order valence-corrected chi connectivity index (χ0v) is 25.2. The van der Waals surface area contributed by atoms with E-state index in [9.17, 15) is 19.6 Å². The highest BCUT2D eigenvalue weighted by Crippen LogP contribution is 2.37. The lowest BCUT2D eigenvalue weighted by molar-refractivity contribution is -0.148. The number of carbonyl (C=O) groups is 2. The van der Waals surface area contributed by atoms with Gasteiger partial charge in [0.15, 0.2) is 0 Å². The third-order valence-corrected chi connectivity index (χ3v) is 8.77. The number of thioether (sulfide) groups is 1. The molecule has 0 spiro atoms. The Hall–Kier alpha value is -2.64. The van der Waals surface area contributed by atoms with E-state index in [-0.39, 0.29) is 28.9 Å². The molecule has 0 aliphatic carbocycles. The van der Waals surface area contributed by atoms with Gasteiger partial charge in [0.25, 0.3) is 11.5 Å². The number of amides is 1. The number of pyridine rings is 1. The Morgan fingerprint density at radius 2 is 1.90 bits per heavy atom. The lowest BCUT2D eigenvalue weighted by atomic mass is 9.96. The van der Waals surface area contributed by atoms with Crippen LogP contribution in [0.4, 0.5) is 5.82 Å². The third kappa shape index (κ3) is 7.12. The molecular formula is C29H40N4O4S2. The van der Waals surface area contributed by atoms with E-state index in [0.29, 0.717) is 65.4 Å². The summed E-state index contributed by atoms with van der Waals surface area (Å²) in [4.78, 5) is 43.5. The summed E-state index contributed by atoms with van der Waals surface area (Å²) >= 11 is 6.83. The van der Waals surface area contributed by atoms with Crippen molar-refractivity contribution in [3.63, 3.8) is 0 Å². The Bertz CT molecular complexity index is 1220. The second-order valence-corrected chi connectivity index (χ2v) is 11.7. The Labute approximate surface area is 241 Å². The van der Waals surface area contributed by atoms with Crippen LogP contribution in [0.25, 0.3) is 6.08 Å². The van der Waals surface area contributed by atoms with Crippen molar-refractivity contribution in [3.8, 4) is 6.07 Å². The maximum absolute atomic E-state index is 13.4. The second-order valence-electron chi connectivity index (χ2n) is 10.0. The molecule has 3 rings (SSSR count). The molecule has 1 aromatic rings. The highest BCUT2D eigenvalue weighted by Gasteiger charge is 2.34. The van der Waals surface area contributed by atoms with E-state index in [0.717, 1.165) is 25.7 Å². The number of hydrogen-bond acceptors (Lipinski definition) is 8. The molecule has 8 nitrogen and oxygen atoms in total. The number of hydrogen-bond donors (Lipinski definition) is 0. The lowest BCUT2D eigenvalue weighted by Gasteiger charge is -2.36. The average molecular weight is 573 g/mol. The second kappa shape index (κ2) is 14.7. The quantitative estimate of drug-likeness (QED) is 0.142. The van der Waals surface area contributed by atoms with E-state index < -0.39 is 0 Å². The van der Waals surface area contributed by atoms with Crippen molar-refractivity contribution in [2.45, 2.75) is 85.6 Å². The van der Waals surface area contributed by atoms with Crippen LogP contribution in [0.1, 0.15) is 88.8 Å². The van der Waals surface area contributed by atoms with Crippen LogP contribution in [-0.2, 0) is 20.9 Å². The summed E-state index contributed by atoms with van der Waals surface area (Å²) in [5.74, 6) is -0.0533. The van der Waals surface area contributed by atoms with Gasteiger partial charge in [-0.15, -0.1) is 0 Å². The minimum absolute atomic E-state index is 0.0633. The molecule has 0 saturated carbocycles. The van der Waals surface area contributed by atoms with Gasteiger partial charge in [0.1, 0.15) is 21.8 Å². The zero-order chi connectivity index (χ0) is 28.5. The van der Waals surface area contributed by atoms with Gasteiger partial charge in [0.2, 0.25) is 0 Å².